The van der Waals surface area contributed by atoms with E-state index in [0.29, 0.717) is 0 Å². The Morgan fingerprint density at radius 1 is 0.327 bits per heavy atom. The lowest BCUT2D eigenvalue weighted by Crippen LogP contribution is -2.25. The van der Waals surface area contributed by atoms with E-state index in [-0.39, 0.29) is 5.41 Å². The Kier molecular flexibility index (Phi) is 6.00. The lowest BCUT2D eigenvalue weighted by atomic mass is 9.70. The Morgan fingerprint density at radius 3 is 1.52 bits per heavy atom. The molecule has 8 aromatic rings. The van der Waals surface area contributed by atoms with Crippen molar-refractivity contribution < 1.29 is 0 Å². The van der Waals surface area contributed by atoms with Crippen molar-refractivity contribution in [1.82, 2.24) is 4.98 Å². The molecule has 0 radical (unpaired) electrons. The zero-order valence-corrected chi connectivity index (χ0v) is 29.2. The van der Waals surface area contributed by atoms with Crippen LogP contribution in [0, 0.1) is 0 Å². The number of rotatable bonds is 3. The van der Waals surface area contributed by atoms with Crippen LogP contribution < -0.4 is 0 Å². The van der Waals surface area contributed by atoms with E-state index in [2.05, 4.69) is 190 Å². The Balaban J connectivity index is 1.17. The Labute approximate surface area is 304 Å². The third-order valence-electron chi connectivity index (χ3n) is 12.1. The average molecular weight is 662 g/mol. The van der Waals surface area contributed by atoms with Gasteiger partial charge in [-0.2, -0.15) is 0 Å². The zero-order chi connectivity index (χ0) is 34.6. The first-order valence-electron chi connectivity index (χ1n) is 18.3. The third kappa shape index (κ3) is 3.80. The maximum Gasteiger partial charge on any atom is 0.0725 e. The zero-order valence-electron chi connectivity index (χ0n) is 29.2. The van der Waals surface area contributed by atoms with Crippen molar-refractivity contribution in [2.75, 3.05) is 0 Å². The molecule has 0 amide bonds. The first-order valence-corrected chi connectivity index (χ1v) is 18.3. The van der Waals surface area contributed by atoms with Gasteiger partial charge in [-0.1, -0.05) is 172 Å². The lowest BCUT2D eigenvalue weighted by Gasteiger charge is -2.30. The van der Waals surface area contributed by atoms with Crippen LogP contribution in [0.1, 0.15) is 47.2 Å². The van der Waals surface area contributed by atoms with Crippen LogP contribution in [0.4, 0.5) is 0 Å². The van der Waals surface area contributed by atoms with Gasteiger partial charge >= 0.3 is 0 Å². The summed E-state index contributed by atoms with van der Waals surface area (Å²) in [6.07, 6.45) is 0. The van der Waals surface area contributed by atoms with Crippen molar-refractivity contribution in [3.05, 3.63) is 209 Å². The van der Waals surface area contributed by atoms with E-state index >= 15 is 0 Å². The maximum atomic E-state index is 5.49. The predicted molar refractivity (Wildman–Crippen MR) is 214 cm³/mol. The minimum absolute atomic E-state index is 0.0772. The summed E-state index contributed by atoms with van der Waals surface area (Å²) in [6.45, 7) is 4.71. The van der Waals surface area contributed by atoms with Crippen molar-refractivity contribution in [3.8, 4) is 67.0 Å². The molecule has 1 aromatic heterocycles. The van der Waals surface area contributed by atoms with Gasteiger partial charge < -0.3 is 0 Å². The summed E-state index contributed by atoms with van der Waals surface area (Å²) in [7, 11) is 0. The number of aromatic nitrogens is 1. The molecule has 0 saturated heterocycles. The normalized spacial score (nSPS) is 14.7. The average Bonchev–Trinajstić information content (AvgIpc) is 3.77. The molecule has 52 heavy (non-hydrogen) atoms. The van der Waals surface area contributed by atoms with Gasteiger partial charge in [-0.3, -0.25) is 0 Å². The van der Waals surface area contributed by atoms with Crippen molar-refractivity contribution in [3.63, 3.8) is 0 Å². The van der Waals surface area contributed by atoms with Crippen LogP contribution in [-0.2, 0) is 10.8 Å². The smallest absolute Gasteiger partial charge is 0.0725 e. The molecular formula is C51H35N. The first-order chi connectivity index (χ1) is 25.5. The van der Waals surface area contributed by atoms with Gasteiger partial charge in [0.25, 0.3) is 0 Å². The second-order valence-corrected chi connectivity index (χ2v) is 15.0. The lowest BCUT2D eigenvalue weighted by molar-refractivity contribution is 0.660. The summed E-state index contributed by atoms with van der Waals surface area (Å²) in [5.41, 5.74) is 22.2. The molecule has 1 heteroatoms. The number of nitrogens with zero attached hydrogens (tertiary/aromatic N) is 1. The monoisotopic (exact) mass is 661 g/mol. The summed E-state index contributed by atoms with van der Waals surface area (Å²) >= 11 is 0. The molecule has 3 aliphatic carbocycles. The molecule has 0 atom stereocenters. The van der Waals surface area contributed by atoms with Gasteiger partial charge in [0.05, 0.1) is 16.8 Å². The van der Waals surface area contributed by atoms with Gasteiger partial charge in [0.2, 0.25) is 0 Å². The van der Waals surface area contributed by atoms with E-state index < -0.39 is 5.41 Å². The maximum absolute atomic E-state index is 5.49. The number of fused-ring (bicyclic) bond motifs is 13. The minimum atomic E-state index is -0.393. The fourth-order valence-corrected chi connectivity index (χ4v) is 9.83. The molecule has 0 N–H and O–H groups in total. The van der Waals surface area contributed by atoms with Crippen LogP contribution in [0.3, 0.4) is 0 Å². The van der Waals surface area contributed by atoms with E-state index in [0.717, 1.165) is 22.5 Å². The summed E-state index contributed by atoms with van der Waals surface area (Å²) in [6, 6.07) is 65.1. The fourth-order valence-electron chi connectivity index (χ4n) is 9.83. The molecule has 0 fully saturated rings. The van der Waals surface area contributed by atoms with Gasteiger partial charge in [-0.05, 0) is 96.1 Å². The molecule has 0 aliphatic heterocycles. The second kappa shape index (κ2) is 10.6. The highest BCUT2D eigenvalue weighted by molar-refractivity contribution is 6.00. The third-order valence-corrected chi connectivity index (χ3v) is 12.1. The van der Waals surface area contributed by atoms with E-state index in [1.165, 1.54) is 77.9 Å². The number of hydrogen-bond donors (Lipinski definition) is 0. The summed E-state index contributed by atoms with van der Waals surface area (Å²) < 4.78 is 0. The predicted octanol–water partition coefficient (Wildman–Crippen LogP) is 12.7. The molecule has 3 aliphatic rings. The van der Waals surface area contributed by atoms with Crippen molar-refractivity contribution in [2.45, 2.75) is 24.7 Å². The molecule has 1 spiro atoms. The molecule has 1 heterocycles. The van der Waals surface area contributed by atoms with Crippen molar-refractivity contribution >= 4 is 0 Å². The molecule has 0 saturated carbocycles. The minimum Gasteiger partial charge on any atom is -0.248 e. The van der Waals surface area contributed by atoms with Gasteiger partial charge in [-0.25, -0.2) is 4.98 Å². The van der Waals surface area contributed by atoms with Crippen LogP contribution in [0.2, 0.25) is 0 Å². The van der Waals surface area contributed by atoms with E-state index in [4.69, 9.17) is 4.98 Å². The van der Waals surface area contributed by atoms with Crippen LogP contribution in [0.15, 0.2) is 176 Å². The number of hydrogen-bond acceptors (Lipinski definition) is 1. The standard InChI is InChI=1S/C51H35N/c1-50(2)41-22-10-6-17-35(41)38-28-27-33(29-46(38)50)34-30-47(32-15-4-3-5-16-32)52-48(31-34)40-21-14-26-45-49(40)39-20-9-13-25-44(39)51(45)42-23-11-7-18-36(42)37-19-8-12-24-43(37)51/h3-31H,1-2H3. The summed E-state index contributed by atoms with van der Waals surface area (Å²) in [5.74, 6) is 0. The molecule has 244 valence electrons. The van der Waals surface area contributed by atoms with Gasteiger partial charge in [0, 0.05) is 16.5 Å². The van der Waals surface area contributed by atoms with Gasteiger partial charge in [0.15, 0.2) is 0 Å². The highest BCUT2D eigenvalue weighted by atomic mass is 14.7. The largest absolute Gasteiger partial charge is 0.248 e. The van der Waals surface area contributed by atoms with Crippen LogP contribution in [0.25, 0.3) is 67.0 Å². The fraction of sp³-hybridized carbons (Fsp3) is 0.0784. The molecule has 0 unspecified atom stereocenters. The molecule has 0 bridgehead atoms. The van der Waals surface area contributed by atoms with E-state index in [1.54, 1.807) is 0 Å². The summed E-state index contributed by atoms with van der Waals surface area (Å²) in [4.78, 5) is 5.49. The van der Waals surface area contributed by atoms with Crippen LogP contribution >= 0.6 is 0 Å². The SMILES string of the molecule is CC1(C)c2ccccc2-c2ccc(-c3cc(-c4ccccc4)nc(-c4cccc5c4-c4ccccc4C54c5ccccc5-c5ccccc54)c3)cc21. The Bertz CT molecular complexity index is 2720. The van der Waals surface area contributed by atoms with Crippen LogP contribution in [-0.4, -0.2) is 4.98 Å². The topological polar surface area (TPSA) is 12.9 Å². The van der Waals surface area contributed by atoms with Gasteiger partial charge in [0.1, 0.15) is 0 Å². The number of pyridine rings is 1. The quantitative estimate of drug-likeness (QED) is 0.184. The van der Waals surface area contributed by atoms with E-state index in [1.807, 2.05) is 0 Å². The van der Waals surface area contributed by atoms with E-state index in [9.17, 15) is 0 Å². The molecular weight excluding hydrogens is 627 g/mol. The number of benzene rings is 7. The van der Waals surface area contributed by atoms with Crippen molar-refractivity contribution in [1.29, 1.82) is 0 Å². The first kappa shape index (κ1) is 29.4. The molecule has 1 nitrogen and oxygen atoms in total. The highest BCUT2D eigenvalue weighted by Crippen LogP contribution is 2.64. The van der Waals surface area contributed by atoms with Crippen LogP contribution in [0.5, 0.6) is 0 Å². The highest BCUT2D eigenvalue weighted by Gasteiger charge is 2.52. The summed E-state index contributed by atoms with van der Waals surface area (Å²) in [5, 5.41) is 0. The van der Waals surface area contributed by atoms with Gasteiger partial charge in [-0.15, -0.1) is 0 Å². The Hall–Kier alpha value is -6.31. The van der Waals surface area contributed by atoms with Crippen molar-refractivity contribution in [2.24, 2.45) is 0 Å². The molecule has 7 aromatic carbocycles. The second-order valence-electron chi connectivity index (χ2n) is 15.0. The molecule has 11 rings (SSSR count). The Morgan fingerprint density at radius 2 is 0.827 bits per heavy atom.